The standard InChI is InChI=1S/C8H12NOS3/c1-11-8-6-7(12-13-8)9-2-4-10-5-3-9/h6H,2-5H2,1H3/q+1. The molecule has 1 saturated heterocycles. The highest BCUT2D eigenvalue weighted by Gasteiger charge is 2.13. The third-order valence-electron chi connectivity index (χ3n) is 1.97. The van der Waals surface area contributed by atoms with E-state index in [2.05, 4.69) is 16.9 Å². The van der Waals surface area contributed by atoms with Crippen LogP contribution in [0, 0.1) is 0 Å². The van der Waals surface area contributed by atoms with Gasteiger partial charge in [0.25, 0.3) is 4.67 Å². The van der Waals surface area contributed by atoms with Crippen LogP contribution in [0.2, 0.25) is 0 Å². The maximum atomic E-state index is 5.32. The predicted octanol–water partition coefficient (Wildman–Crippen LogP) is 1.33. The lowest BCUT2D eigenvalue weighted by atomic mass is 10.5. The minimum absolute atomic E-state index is 0.872. The molecule has 0 unspecified atom stereocenters. The smallest absolute Gasteiger partial charge is 0.268 e. The third kappa shape index (κ3) is 2.34. The van der Waals surface area contributed by atoms with Gasteiger partial charge in [-0.15, -0.1) is 11.8 Å². The van der Waals surface area contributed by atoms with Gasteiger partial charge in [0.15, 0.2) is 13.1 Å². The fraction of sp³-hybridized carbons (Fsp3) is 0.625. The zero-order chi connectivity index (χ0) is 9.10. The summed E-state index contributed by atoms with van der Waals surface area (Å²) in [5, 5.41) is 0. The van der Waals surface area contributed by atoms with Crippen LogP contribution in [-0.4, -0.2) is 32.6 Å². The van der Waals surface area contributed by atoms with Crippen molar-refractivity contribution in [3.63, 3.8) is 0 Å². The molecule has 13 heavy (non-hydrogen) atoms. The van der Waals surface area contributed by atoms with Crippen molar-refractivity contribution in [3.05, 3.63) is 10.7 Å². The molecule has 0 bridgehead atoms. The van der Waals surface area contributed by atoms with Crippen LogP contribution in [0.4, 0.5) is 0 Å². The highest BCUT2D eigenvalue weighted by atomic mass is 32.9. The molecule has 0 atom stereocenters. The Labute approximate surface area is 89.3 Å². The van der Waals surface area contributed by atoms with Crippen LogP contribution in [-0.2, 0) is 4.74 Å². The van der Waals surface area contributed by atoms with Gasteiger partial charge >= 0.3 is 0 Å². The highest BCUT2D eigenvalue weighted by molar-refractivity contribution is 8.02. The topological polar surface area (TPSA) is 12.2 Å². The molecule has 0 saturated carbocycles. The largest absolute Gasteiger partial charge is 0.368 e. The van der Waals surface area contributed by atoms with Crippen molar-refractivity contribution in [3.8, 4) is 0 Å². The zero-order valence-electron chi connectivity index (χ0n) is 7.49. The molecule has 1 fully saturated rings. The van der Waals surface area contributed by atoms with Gasteiger partial charge in [-0.25, -0.2) is 4.58 Å². The van der Waals surface area contributed by atoms with Gasteiger partial charge in [-0.3, -0.25) is 0 Å². The molecule has 0 spiro atoms. The molecule has 0 amide bonds. The van der Waals surface area contributed by atoms with E-state index in [0.29, 0.717) is 0 Å². The lowest BCUT2D eigenvalue weighted by Gasteiger charge is -2.08. The summed E-state index contributed by atoms with van der Waals surface area (Å²) in [4.78, 5) is 0. The highest BCUT2D eigenvalue weighted by Crippen LogP contribution is 2.20. The Morgan fingerprint density at radius 2 is 2.15 bits per heavy atom. The molecule has 72 valence electrons. The van der Waals surface area contributed by atoms with Crippen molar-refractivity contribution in [2.45, 2.75) is 4.21 Å². The normalized spacial score (nSPS) is 17.8. The van der Waals surface area contributed by atoms with Crippen molar-refractivity contribution >= 4 is 32.4 Å². The number of rotatable bonds is 1. The Balaban J connectivity index is 2.29. The van der Waals surface area contributed by atoms with E-state index in [0.717, 1.165) is 26.3 Å². The van der Waals surface area contributed by atoms with Gasteiger partial charge in [0.05, 0.1) is 4.21 Å². The predicted molar refractivity (Wildman–Crippen MR) is 59.8 cm³/mol. The average Bonchev–Trinajstić information content (AvgIpc) is 2.67. The van der Waals surface area contributed by atoms with E-state index in [1.165, 1.54) is 8.88 Å². The average molecular weight is 234 g/mol. The van der Waals surface area contributed by atoms with Gasteiger partial charge < -0.3 is 4.74 Å². The van der Waals surface area contributed by atoms with Crippen molar-refractivity contribution in [2.24, 2.45) is 0 Å². The molecule has 0 radical (unpaired) electrons. The van der Waals surface area contributed by atoms with Crippen LogP contribution < -0.4 is 9.25 Å². The Morgan fingerprint density at radius 3 is 2.77 bits per heavy atom. The van der Waals surface area contributed by atoms with E-state index >= 15 is 0 Å². The maximum absolute atomic E-state index is 5.32. The number of thioether (sulfide) groups is 1. The van der Waals surface area contributed by atoms with Gasteiger partial charge in [-0.2, -0.15) is 0 Å². The lowest BCUT2D eigenvalue weighted by Crippen LogP contribution is -2.38. The molecular formula is C8H12NOS3+. The number of ether oxygens (including phenoxy) is 1. The number of nitrogens with zero attached hydrogens (tertiary/aromatic N) is 1. The Bertz CT molecular complexity index is 333. The summed E-state index contributed by atoms with van der Waals surface area (Å²) in [5.41, 5.74) is 0. The van der Waals surface area contributed by atoms with Crippen molar-refractivity contribution in [1.29, 1.82) is 0 Å². The molecular weight excluding hydrogens is 222 g/mol. The molecule has 5 heteroatoms. The maximum Gasteiger partial charge on any atom is 0.268 e. The van der Waals surface area contributed by atoms with Gasteiger partial charge in [-0.1, -0.05) is 10.3 Å². The van der Waals surface area contributed by atoms with E-state index in [1.54, 1.807) is 0 Å². The van der Waals surface area contributed by atoms with Gasteiger partial charge in [0.2, 0.25) is 0 Å². The third-order valence-corrected chi connectivity index (χ3v) is 5.77. The molecule has 2 nitrogen and oxygen atoms in total. The second kappa shape index (κ2) is 4.59. The first-order chi connectivity index (χ1) is 6.40. The molecule has 1 aromatic rings. The van der Waals surface area contributed by atoms with E-state index in [-0.39, 0.29) is 0 Å². The number of hydrogen-bond donors (Lipinski definition) is 0. The quantitative estimate of drug-likeness (QED) is 0.413. The van der Waals surface area contributed by atoms with E-state index in [9.17, 15) is 0 Å². The first kappa shape index (κ1) is 9.71. The second-order valence-corrected chi connectivity index (χ2v) is 6.07. The van der Waals surface area contributed by atoms with Crippen LogP contribution in [0.1, 0.15) is 0 Å². The number of morpholine rings is 1. The van der Waals surface area contributed by atoms with Crippen LogP contribution in [0.15, 0.2) is 10.3 Å². The summed E-state index contributed by atoms with van der Waals surface area (Å²) < 4.78 is 10.5. The second-order valence-electron chi connectivity index (χ2n) is 2.77. The molecule has 1 aliphatic heterocycles. The van der Waals surface area contributed by atoms with Crippen LogP contribution in [0.3, 0.4) is 0 Å². The van der Waals surface area contributed by atoms with Crippen molar-refractivity contribution in [1.82, 2.24) is 4.58 Å². The fourth-order valence-corrected chi connectivity index (χ4v) is 4.71. The monoisotopic (exact) mass is 234 g/mol. The molecule has 2 rings (SSSR count). The zero-order valence-corrected chi connectivity index (χ0v) is 9.94. The van der Waals surface area contributed by atoms with Gasteiger partial charge in [0, 0.05) is 6.07 Å². The lowest BCUT2D eigenvalue weighted by molar-refractivity contribution is 0.0971. The molecule has 1 aliphatic rings. The van der Waals surface area contributed by atoms with E-state index < -0.39 is 0 Å². The summed E-state index contributed by atoms with van der Waals surface area (Å²) in [6, 6.07) is 2.28. The first-order valence-electron chi connectivity index (χ1n) is 4.20. The van der Waals surface area contributed by atoms with E-state index in [1.807, 2.05) is 32.4 Å². The Kier molecular flexibility index (Phi) is 3.43. The molecule has 1 aromatic heterocycles. The summed E-state index contributed by atoms with van der Waals surface area (Å²) in [6.07, 6.45) is 2.13. The SMILES string of the molecule is CSc1cc(=[N+]2CCOCC2)ss1. The Morgan fingerprint density at radius 1 is 1.38 bits per heavy atom. The van der Waals surface area contributed by atoms with E-state index in [4.69, 9.17) is 4.74 Å². The summed E-state index contributed by atoms with van der Waals surface area (Å²) in [7, 11) is 3.74. The summed E-state index contributed by atoms with van der Waals surface area (Å²) in [6.45, 7) is 3.83. The van der Waals surface area contributed by atoms with Crippen LogP contribution >= 0.6 is 32.4 Å². The molecule has 0 aromatic carbocycles. The molecule has 0 N–H and O–H groups in total. The number of hydrogen-bond acceptors (Lipinski definition) is 4. The first-order valence-corrected chi connectivity index (χ1v) is 7.57. The Hall–Kier alpha value is 0.160. The minimum Gasteiger partial charge on any atom is -0.368 e. The molecule has 2 heterocycles. The fourth-order valence-electron chi connectivity index (χ4n) is 1.25. The van der Waals surface area contributed by atoms with Crippen molar-refractivity contribution < 1.29 is 4.74 Å². The summed E-state index contributed by atoms with van der Waals surface area (Å²) in [5.74, 6) is 0. The summed E-state index contributed by atoms with van der Waals surface area (Å²) >= 11 is 1.82. The van der Waals surface area contributed by atoms with Gasteiger partial charge in [-0.05, 0) is 16.6 Å². The van der Waals surface area contributed by atoms with Gasteiger partial charge in [0.1, 0.15) is 13.2 Å². The minimum atomic E-state index is 0.872. The molecule has 0 aliphatic carbocycles. The van der Waals surface area contributed by atoms with Crippen molar-refractivity contribution in [2.75, 3.05) is 32.6 Å². The van der Waals surface area contributed by atoms with Crippen LogP contribution in [0.25, 0.3) is 0 Å². The van der Waals surface area contributed by atoms with Crippen LogP contribution in [0.5, 0.6) is 0 Å².